The average molecular weight is 242 g/mol. The van der Waals surface area contributed by atoms with Crippen LogP contribution in [0.4, 0.5) is 5.69 Å². The number of carbonyl (C=O) groups is 1. The number of Topliss-reactive ketones (excluding diaryl/α,β-unsaturated/α-hetero) is 1. The Morgan fingerprint density at radius 2 is 2.22 bits per heavy atom. The molecule has 1 saturated carbocycles. The first kappa shape index (κ1) is 11.1. The Kier molecular flexibility index (Phi) is 2.30. The Morgan fingerprint density at radius 3 is 2.89 bits per heavy atom. The summed E-state index contributed by atoms with van der Waals surface area (Å²) in [6.07, 6.45) is 0.680. The molecular weight excluding hydrogens is 228 g/mol. The van der Waals surface area contributed by atoms with Crippen molar-refractivity contribution in [3.8, 4) is 11.8 Å². The van der Waals surface area contributed by atoms with Crippen LogP contribution >= 0.6 is 0 Å². The molecule has 0 aromatic heterocycles. The quantitative estimate of drug-likeness (QED) is 0.751. The van der Waals surface area contributed by atoms with Crippen molar-refractivity contribution in [2.75, 3.05) is 25.1 Å². The van der Waals surface area contributed by atoms with Gasteiger partial charge < -0.3 is 9.64 Å². The van der Waals surface area contributed by atoms with E-state index >= 15 is 0 Å². The van der Waals surface area contributed by atoms with Crippen LogP contribution in [0.3, 0.4) is 0 Å². The average Bonchev–Trinajstić information content (AvgIpc) is 2.35. The van der Waals surface area contributed by atoms with Gasteiger partial charge in [-0.2, -0.15) is 5.26 Å². The van der Waals surface area contributed by atoms with E-state index in [2.05, 4.69) is 11.0 Å². The molecule has 0 N–H and O–H groups in total. The van der Waals surface area contributed by atoms with Gasteiger partial charge in [-0.25, -0.2) is 0 Å². The fourth-order valence-corrected chi connectivity index (χ4v) is 2.62. The lowest BCUT2D eigenvalue weighted by Crippen LogP contribution is -2.40. The molecule has 0 amide bonds. The third-order valence-corrected chi connectivity index (χ3v) is 3.82. The van der Waals surface area contributed by atoms with Crippen LogP contribution in [0.25, 0.3) is 0 Å². The number of nitriles is 1. The number of ether oxygens (including phenoxy) is 1. The van der Waals surface area contributed by atoms with E-state index in [1.165, 1.54) is 0 Å². The van der Waals surface area contributed by atoms with Crippen molar-refractivity contribution in [3.63, 3.8) is 0 Å². The minimum atomic E-state index is -0.607. The van der Waals surface area contributed by atoms with Crippen LogP contribution in [-0.2, 0) is 10.2 Å². The summed E-state index contributed by atoms with van der Waals surface area (Å²) in [5, 5.41) is 9.33. The molecule has 1 aliphatic heterocycles. The fraction of sp³-hybridized carbons (Fsp3) is 0.429. The third kappa shape index (κ3) is 1.47. The van der Waals surface area contributed by atoms with Crippen molar-refractivity contribution in [1.29, 1.82) is 5.26 Å². The van der Waals surface area contributed by atoms with E-state index in [9.17, 15) is 10.1 Å². The Hall–Kier alpha value is -2.02. The zero-order chi connectivity index (χ0) is 12.8. The monoisotopic (exact) mass is 242 g/mol. The van der Waals surface area contributed by atoms with Gasteiger partial charge in [-0.1, -0.05) is 6.07 Å². The van der Waals surface area contributed by atoms with Gasteiger partial charge in [-0.05, 0) is 17.7 Å². The van der Waals surface area contributed by atoms with Gasteiger partial charge in [0, 0.05) is 19.9 Å². The van der Waals surface area contributed by atoms with Gasteiger partial charge >= 0.3 is 0 Å². The molecule has 4 heteroatoms. The van der Waals surface area contributed by atoms with Crippen molar-refractivity contribution >= 4 is 11.5 Å². The number of anilines is 1. The summed E-state index contributed by atoms with van der Waals surface area (Å²) in [6.45, 7) is 1.53. The summed E-state index contributed by atoms with van der Waals surface area (Å²) in [5.41, 5.74) is 1.33. The molecule has 0 spiro atoms. The van der Waals surface area contributed by atoms with Gasteiger partial charge in [-0.3, -0.25) is 4.79 Å². The van der Waals surface area contributed by atoms with Crippen LogP contribution < -0.4 is 9.64 Å². The molecule has 0 radical (unpaired) electrons. The van der Waals surface area contributed by atoms with Gasteiger partial charge in [0.05, 0.1) is 23.7 Å². The molecule has 3 rings (SSSR count). The highest BCUT2D eigenvalue weighted by Gasteiger charge is 2.45. The number of fused-ring (bicyclic) bond motifs is 1. The van der Waals surface area contributed by atoms with Crippen LogP contribution in [0.2, 0.25) is 0 Å². The Bertz CT molecular complexity index is 551. The van der Waals surface area contributed by atoms with Crippen molar-refractivity contribution in [2.45, 2.75) is 18.3 Å². The lowest BCUT2D eigenvalue weighted by molar-refractivity contribution is -0.126. The van der Waals surface area contributed by atoms with Crippen LogP contribution in [0.1, 0.15) is 18.4 Å². The maximum atomic E-state index is 11.2. The van der Waals surface area contributed by atoms with Crippen molar-refractivity contribution in [3.05, 3.63) is 23.8 Å². The number of hydrogen-bond donors (Lipinski definition) is 0. The van der Waals surface area contributed by atoms with E-state index in [1.54, 1.807) is 0 Å². The molecule has 1 fully saturated rings. The fourth-order valence-electron chi connectivity index (χ4n) is 2.62. The number of nitrogens with zero attached hydrogens (tertiary/aromatic N) is 2. The molecule has 1 aromatic rings. The predicted octanol–water partition coefficient (Wildman–Crippen LogP) is 1.64. The zero-order valence-corrected chi connectivity index (χ0v) is 10.3. The lowest BCUT2D eigenvalue weighted by Gasteiger charge is -2.36. The maximum absolute atomic E-state index is 11.2. The summed E-state index contributed by atoms with van der Waals surface area (Å²) in [7, 11) is 2.01. The number of ketones is 1. The number of rotatable bonds is 1. The van der Waals surface area contributed by atoms with E-state index in [-0.39, 0.29) is 5.78 Å². The van der Waals surface area contributed by atoms with Crippen molar-refractivity contribution in [1.82, 2.24) is 0 Å². The van der Waals surface area contributed by atoms with Gasteiger partial charge in [0.25, 0.3) is 0 Å². The van der Waals surface area contributed by atoms with E-state index in [0.29, 0.717) is 19.4 Å². The number of likely N-dealkylation sites (N-methyl/N-ethyl adjacent to an activating group) is 1. The van der Waals surface area contributed by atoms with E-state index in [1.807, 2.05) is 25.2 Å². The molecule has 18 heavy (non-hydrogen) atoms. The van der Waals surface area contributed by atoms with Crippen LogP contribution in [0.15, 0.2) is 18.2 Å². The van der Waals surface area contributed by atoms with Gasteiger partial charge in [0.1, 0.15) is 18.1 Å². The van der Waals surface area contributed by atoms with Gasteiger partial charge in [0.15, 0.2) is 0 Å². The molecule has 0 atom stereocenters. The summed E-state index contributed by atoms with van der Waals surface area (Å²) in [6, 6.07) is 8.11. The Labute approximate surface area is 106 Å². The highest BCUT2D eigenvalue weighted by atomic mass is 16.5. The minimum Gasteiger partial charge on any atom is -0.490 e. The minimum absolute atomic E-state index is 0.166. The highest BCUT2D eigenvalue weighted by molar-refractivity contribution is 5.90. The molecule has 4 nitrogen and oxygen atoms in total. The largest absolute Gasteiger partial charge is 0.490 e. The topological polar surface area (TPSA) is 53.3 Å². The second kappa shape index (κ2) is 3.74. The van der Waals surface area contributed by atoms with Gasteiger partial charge in [-0.15, -0.1) is 0 Å². The van der Waals surface area contributed by atoms with Crippen LogP contribution in [0.5, 0.6) is 5.75 Å². The molecule has 1 aromatic carbocycles. The van der Waals surface area contributed by atoms with Crippen LogP contribution in [0, 0.1) is 11.3 Å². The second-order valence-electron chi connectivity index (χ2n) is 5.04. The van der Waals surface area contributed by atoms with E-state index in [0.717, 1.165) is 23.5 Å². The number of benzene rings is 1. The summed E-state index contributed by atoms with van der Waals surface area (Å²) in [4.78, 5) is 13.3. The van der Waals surface area contributed by atoms with E-state index < -0.39 is 5.41 Å². The first-order valence-corrected chi connectivity index (χ1v) is 6.06. The molecule has 0 saturated heterocycles. The normalized spacial score (nSPS) is 20.4. The zero-order valence-electron chi connectivity index (χ0n) is 10.3. The molecule has 92 valence electrons. The lowest BCUT2D eigenvalue weighted by atomic mass is 9.64. The van der Waals surface area contributed by atoms with E-state index in [4.69, 9.17) is 4.74 Å². The second-order valence-corrected chi connectivity index (χ2v) is 5.04. The predicted molar refractivity (Wildman–Crippen MR) is 66.7 cm³/mol. The highest BCUT2D eigenvalue weighted by Crippen LogP contribution is 2.43. The van der Waals surface area contributed by atoms with Gasteiger partial charge in [0.2, 0.25) is 0 Å². The van der Waals surface area contributed by atoms with Crippen molar-refractivity contribution < 1.29 is 9.53 Å². The SMILES string of the molecule is CN1CCOc2ccc(C3(C#N)CC(=O)C3)cc21. The molecule has 2 aliphatic rings. The molecule has 0 unspecified atom stereocenters. The summed E-state index contributed by atoms with van der Waals surface area (Å²) < 4.78 is 5.58. The van der Waals surface area contributed by atoms with Crippen molar-refractivity contribution in [2.24, 2.45) is 0 Å². The maximum Gasteiger partial charge on any atom is 0.142 e. The number of carbonyl (C=O) groups excluding carboxylic acids is 1. The summed E-state index contributed by atoms with van der Waals surface area (Å²) >= 11 is 0. The number of hydrogen-bond acceptors (Lipinski definition) is 4. The molecular formula is C14H14N2O2. The smallest absolute Gasteiger partial charge is 0.142 e. The molecule has 0 bridgehead atoms. The Morgan fingerprint density at radius 1 is 1.44 bits per heavy atom. The summed E-state index contributed by atoms with van der Waals surface area (Å²) in [5.74, 6) is 1.02. The first-order chi connectivity index (χ1) is 8.64. The molecule has 1 heterocycles. The molecule has 1 aliphatic carbocycles. The van der Waals surface area contributed by atoms with Crippen LogP contribution in [-0.4, -0.2) is 26.0 Å². The standard InChI is InChI=1S/C14H14N2O2/c1-16-4-5-18-13-3-2-10(6-12(13)16)14(9-15)7-11(17)8-14/h2-3,6H,4-5,7-8H2,1H3. The third-order valence-electron chi connectivity index (χ3n) is 3.82. The first-order valence-electron chi connectivity index (χ1n) is 6.06. The Balaban J connectivity index is 2.02.